The monoisotopic (exact) mass is 453 g/mol. The van der Waals surface area contributed by atoms with Gasteiger partial charge in [-0.2, -0.15) is 0 Å². The molecule has 0 aromatic heterocycles. The summed E-state index contributed by atoms with van der Waals surface area (Å²) in [5.41, 5.74) is 1.52. The Morgan fingerprint density at radius 2 is 1.91 bits per heavy atom. The van der Waals surface area contributed by atoms with Crippen LogP contribution >= 0.6 is 0 Å². The van der Waals surface area contributed by atoms with Crippen molar-refractivity contribution in [3.63, 3.8) is 0 Å². The summed E-state index contributed by atoms with van der Waals surface area (Å²) < 4.78 is 6.45. The molecule has 7 nitrogen and oxygen atoms in total. The Morgan fingerprint density at radius 3 is 2.70 bits per heavy atom. The Bertz CT molecular complexity index is 926. The van der Waals surface area contributed by atoms with E-state index >= 15 is 0 Å². The van der Waals surface area contributed by atoms with Gasteiger partial charge in [0.05, 0.1) is 0 Å². The maximum atomic E-state index is 12.9. The van der Waals surface area contributed by atoms with E-state index in [1.165, 1.54) is 32.1 Å². The quantitative estimate of drug-likeness (QED) is 0.619. The van der Waals surface area contributed by atoms with Crippen molar-refractivity contribution in [2.24, 2.45) is 11.8 Å². The van der Waals surface area contributed by atoms with Crippen molar-refractivity contribution in [1.82, 2.24) is 15.5 Å². The molecule has 1 unspecified atom stereocenters. The largest absolute Gasteiger partial charge is 0.489 e. The molecule has 0 spiro atoms. The molecule has 2 aliphatic carbocycles. The molecule has 3 atom stereocenters. The molecule has 2 saturated carbocycles. The molecule has 3 amide bonds. The van der Waals surface area contributed by atoms with Gasteiger partial charge in [-0.25, -0.2) is 0 Å². The van der Waals surface area contributed by atoms with E-state index in [1.807, 2.05) is 18.2 Å². The average Bonchev–Trinajstić information content (AvgIpc) is 3.09. The fourth-order valence-electron chi connectivity index (χ4n) is 5.96. The van der Waals surface area contributed by atoms with Crippen LogP contribution in [0.3, 0.4) is 0 Å². The number of hydrogen-bond acceptors (Lipinski definition) is 5. The van der Waals surface area contributed by atoms with Gasteiger partial charge in [0.25, 0.3) is 5.91 Å². The van der Waals surface area contributed by atoms with Crippen LogP contribution in [0.4, 0.5) is 0 Å². The summed E-state index contributed by atoms with van der Waals surface area (Å²) in [5.74, 6) is 1.73. The first-order valence-corrected chi connectivity index (χ1v) is 12.7. The number of imide groups is 1. The van der Waals surface area contributed by atoms with Crippen molar-refractivity contribution < 1.29 is 19.1 Å². The van der Waals surface area contributed by atoms with Gasteiger partial charge >= 0.3 is 0 Å². The lowest BCUT2D eigenvalue weighted by molar-refractivity contribution is -0.136. The van der Waals surface area contributed by atoms with Crippen molar-refractivity contribution in [3.8, 4) is 5.75 Å². The van der Waals surface area contributed by atoms with Gasteiger partial charge in [0.1, 0.15) is 17.9 Å². The third-order valence-corrected chi connectivity index (χ3v) is 8.06. The summed E-state index contributed by atoms with van der Waals surface area (Å²) in [7, 11) is 0. The lowest BCUT2D eigenvalue weighted by atomic mass is 9.73. The van der Waals surface area contributed by atoms with E-state index in [0.29, 0.717) is 24.6 Å². The molecule has 0 radical (unpaired) electrons. The Kier molecular flexibility index (Phi) is 6.41. The molecule has 5 rings (SSSR count). The lowest BCUT2D eigenvalue weighted by Crippen LogP contribution is -2.52. The molecule has 2 N–H and O–H groups in total. The molecule has 2 heterocycles. The minimum atomic E-state index is -0.585. The molecule has 7 heteroatoms. The van der Waals surface area contributed by atoms with Crippen LogP contribution in [0.25, 0.3) is 0 Å². The van der Waals surface area contributed by atoms with Crippen molar-refractivity contribution in [2.45, 2.75) is 89.4 Å². The minimum absolute atomic E-state index is 0.141. The Morgan fingerprint density at radius 1 is 1.09 bits per heavy atom. The Balaban J connectivity index is 1.21. The predicted octanol–water partition coefficient (Wildman–Crippen LogP) is 3.16. The molecule has 3 fully saturated rings. The van der Waals surface area contributed by atoms with E-state index < -0.39 is 6.04 Å². The number of benzene rings is 1. The third-order valence-electron chi connectivity index (χ3n) is 8.06. The van der Waals surface area contributed by atoms with E-state index in [0.717, 1.165) is 42.5 Å². The molecule has 1 saturated heterocycles. The smallest absolute Gasteiger partial charge is 0.255 e. The zero-order chi connectivity index (χ0) is 22.9. The van der Waals surface area contributed by atoms with Crippen LogP contribution in [-0.2, 0) is 16.1 Å². The van der Waals surface area contributed by atoms with Gasteiger partial charge in [0.2, 0.25) is 11.8 Å². The third kappa shape index (κ3) is 4.65. The summed E-state index contributed by atoms with van der Waals surface area (Å²) in [5, 5.41) is 6.15. The second kappa shape index (κ2) is 9.45. The van der Waals surface area contributed by atoms with Gasteiger partial charge in [0.15, 0.2) is 0 Å². The van der Waals surface area contributed by atoms with Crippen LogP contribution in [0.1, 0.15) is 80.6 Å². The topological polar surface area (TPSA) is 87.7 Å². The number of rotatable bonds is 7. The number of hydrogen-bond donors (Lipinski definition) is 2. The standard InChI is InChI=1S/C26H35N3O4/c1-2-16-11-17(12-16)14-27-21-5-3-4-6-23(21)33-19-7-8-20-18(13-19)15-29(26(20)32)22-9-10-24(30)28-25(22)31/h7-8,13,16-17,21-23,27H,2-6,9-12,14-15H2,1H3,(H,28,30,31)/t16?,17?,21-,22?,23-/m1/s1. The van der Waals surface area contributed by atoms with Crippen LogP contribution in [0, 0.1) is 11.8 Å². The maximum Gasteiger partial charge on any atom is 0.255 e. The molecule has 178 valence electrons. The van der Waals surface area contributed by atoms with Crippen LogP contribution in [0.15, 0.2) is 18.2 Å². The van der Waals surface area contributed by atoms with Gasteiger partial charge in [-0.3, -0.25) is 19.7 Å². The molecular formula is C26H35N3O4. The van der Waals surface area contributed by atoms with Gasteiger partial charge in [-0.05, 0) is 80.7 Å². The van der Waals surface area contributed by atoms with Gasteiger partial charge < -0.3 is 15.0 Å². The molecule has 4 aliphatic rings. The average molecular weight is 454 g/mol. The number of nitrogens with one attached hydrogen (secondary N) is 2. The van der Waals surface area contributed by atoms with Gasteiger partial charge in [-0.15, -0.1) is 0 Å². The second-order valence-corrected chi connectivity index (χ2v) is 10.3. The second-order valence-electron chi connectivity index (χ2n) is 10.3. The molecule has 1 aromatic carbocycles. The van der Waals surface area contributed by atoms with Crippen molar-refractivity contribution in [3.05, 3.63) is 29.3 Å². The molecule has 0 bridgehead atoms. The zero-order valence-electron chi connectivity index (χ0n) is 19.5. The highest BCUT2D eigenvalue weighted by atomic mass is 16.5. The Hall–Kier alpha value is -2.41. The minimum Gasteiger partial charge on any atom is -0.489 e. The summed E-state index contributed by atoms with van der Waals surface area (Å²) >= 11 is 0. The zero-order valence-corrected chi connectivity index (χ0v) is 19.5. The SMILES string of the molecule is CCC1CC(CN[C@@H]2CCCC[C@H]2Oc2ccc3c(c2)CN(C2CCC(=O)NC2=O)C3=O)C1. The van der Waals surface area contributed by atoms with Crippen molar-refractivity contribution >= 4 is 17.7 Å². The number of carbonyl (C=O) groups is 3. The number of ether oxygens (including phenoxy) is 1. The van der Waals surface area contributed by atoms with Crippen LogP contribution in [-0.4, -0.2) is 47.4 Å². The first kappa shape index (κ1) is 22.4. The Labute approximate surface area is 195 Å². The van der Waals surface area contributed by atoms with E-state index in [1.54, 1.807) is 4.90 Å². The van der Waals surface area contributed by atoms with Crippen LogP contribution in [0.5, 0.6) is 5.75 Å². The lowest BCUT2D eigenvalue weighted by Gasteiger charge is -2.38. The predicted molar refractivity (Wildman–Crippen MR) is 124 cm³/mol. The summed E-state index contributed by atoms with van der Waals surface area (Å²) in [4.78, 5) is 38.2. The van der Waals surface area contributed by atoms with E-state index in [-0.39, 0.29) is 30.2 Å². The number of nitrogens with zero attached hydrogens (tertiary/aromatic N) is 1. The van der Waals surface area contributed by atoms with Crippen molar-refractivity contribution in [2.75, 3.05) is 6.54 Å². The van der Waals surface area contributed by atoms with E-state index in [9.17, 15) is 14.4 Å². The van der Waals surface area contributed by atoms with Crippen molar-refractivity contribution in [1.29, 1.82) is 0 Å². The highest BCUT2D eigenvalue weighted by molar-refractivity contribution is 6.05. The normalized spacial score (nSPS) is 31.7. The number of carbonyl (C=O) groups excluding carboxylic acids is 3. The summed E-state index contributed by atoms with van der Waals surface area (Å²) in [6, 6.07) is 5.45. The first-order chi connectivity index (χ1) is 16.0. The van der Waals surface area contributed by atoms with Crippen LogP contribution < -0.4 is 15.4 Å². The molecule has 2 aliphatic heterocycles. The highest BCUT2D eigenvalue weighted by Gasteiger charge is 2.39. The molecule has 33 heavy (non-hydrogen) atoms. The van der Waals surface area contributed by atoms with Gasteiger partial charge in [0, 0.05) is 24.6 Å². The number of piperidine rings is 1. The number of fused-ring (bicyclic) bond motifs is 1. The van der Waals surface area contributed by atoms with Gasteiger partial charge in [-0.1, -0.05) is 19.8 Å². The fraction of sp³-hybridized carbons (Fsp3) is 0.654. The van der Waals surface area contributed by atoms with Crippen LogP contribution in [0.2, 0.25) is 0 Å². The number of amides is 3. The molecule has 1 aromatic rings. The first-order valence-electron chi connectivity index (χ1n) is 12.7. The van der Waals surface area contributed by atoms with E-state index in [4.69, 9.17) is 4.74 Å². The maximum absolute atomic E-state index is 12.9. The fourth-order valence-corrected chi connectivity index (χ4v) is 5.96. The highest BCUT2D eigenvalue weighted by Crippen LogP contribution is 2.36. The summed E-state index contributed by atoms with van der Waals surface area (Å²) in [6.07, 6.45) is 9.38. The molecular weight excluding hydrogens is 418 g/mol. The van der Waals surface area contributed by atoms with E-state index in [2.05, 4.69) is 17.6 Å². The summed E-state index contributed by atoms with van der Waals surface area (Å²) in [6.45, 7) is 3.75.